The molecule has 0 bridgehead atoms. The van der Waals surface area contributed by atoms with Gasteiger partial charge in [0.1, 0.15) is 16.9 Å². The zero-order chi connectivity index (χ0) is 21.1. The molecule has 2 aromatic carbocycles. The van der Waals surface area contributed by atoms with E-state index in [-0.39, 0.29) is 10.8 Å². The van der Waals surface area contributed by atoms with Gasteiger partial charge in [0.25, 0.3) is 0 Å². The van der Waals surface area contributed by atoms with E-state index >= 15 is 0 Å². The predicted octanol–water partition coefficient (Wildman–Crippen LogP) is 4.36. The van der Waals surface area contributed by atoms with Crippen molar-refractivity contribution < 1.29 is 8.42 Å². The van der Waals surface area contributed by atoms with Gasteiger partial charge in [0.05, 0.1) is 10.6 Å². The van der Waals surface area contributed by atoms with Crippen molar-refractivity contribution in [3.8, 4) is 0 Å². The number of nitrogens with one attached hydrogen (secondary N) is 1. The first-order chi connectivity index (χ1) is 14.4. The molecule has 0 atom stereocenters. The van der Waals surface area contributed by atoms with Crippen LogP contribution in [0.2, 0.25) is 5.02 Å². The van der Waals surface area contributed by atoms with Crippen molar-refractivity contribution in [3.63, 3.8) is 0 Å². The van der Waals surface area contributed by atoms with Gasteiger partial charge in [-0.05, 0) is 42.0 Å². The van der Waals surface area contributed by atoms with Crippen LogP contribution in [0.1, 0.15) is 5.56 Å². The molecule has 0 aliphatic carbocycles. The van der Waals surface area contributed by atoms with Crippen molar-refractivity contribution in [1.82, 2.24) is 19.9 Å². The number of aromatic nitrogens is 4. The molecule has 0 aliphatic rings. The van der Waals surface area contributed by atoms with Crippen LogP contribution >= 0.6 is 23.4 Å². The largest absolute Gasteiger partial charge is 0.317 e. The van der Waals surface area contributed by atoms with Gasteiger partial charge in [-0.25, -0.2) is 23.5 Å². The lowest BCUT2D eigenvalue weighted by Crippen LogP contribution is -2.11. The molecule has 0 fully saturated rings. The normalized spacial score (nSPS) is 12.1. The molecule has 0 saturated heterocycles. The number of hydrogen-bond donors (Lipinski definition) is 2. The van der Waals surface area contributed by atoms with Crippen LogP contribution in [0.5, 0.6) is 0 Å². The van der Waals surface area contributed by atoms with Crippen LogP contribution in [0.4, 0.5) is 11.6 Å². The molecule has 4 rings (SSSR count). The number of hydrogen-bond acceptors (Lipinski definition) is 8. The Bertz CT molecular complexity index is 1320. The third-order valence-electron chi connectivity index (χ3n) is 3.96. The molecule has 4 aromatic rings. The minimum atomic E-state index is -3.75. The van der Waals surface area contributed by atoms with E-state index in [2.05, 4.69) is 30.2 Å². The molecule has 30 heavy (non-hydrogen) atoms. The lowest BCUT2D eigenvalue weighted by Gasteiger charge is -2.02. The molecule has 0 unspecified atom stereocenters. The fraction of sp³-hybridized carbons (Fsp3) is 0.0556. The average Bonchev–Trinajstić information content (AvgIpc) is 3.15. The minimum Gasteiger partial charge on any atom is -0.317 e. The molecule has 3 N–H and O–H groups in total. The van der Waals surface area contributed by atoms with Crippen molar-refractivity contribution in [2.75, 3.05) is 0 Å². The number of primary sulfonamides is 1. The fourth-order valence-electron chi connectivity index (χ4n) is 2.49. The number of nitrogens with zero attached hydrogens (tertiary/aromatic N) is 5. The summed E-state index contributed by atoms with van der Waals surface area (Å²) < 4.78 is 22.6. The second-order valence-electron chi connectivity index (χ2n) is 6.09. The van der Waals surface area contributed by atoms with Crippen LogP contribution in [-0.4, -0.2) is 28.4 Å². The smallest absolute Gasteiger partial charge is 0.249 e. The Morgan fingerprint density at radius 1 is 1.03 bits per heavy atom. The second kappa shape index (κ2) is 8.48. The van der Waals surface area contributed by atoms with Crippen LogP contribution in [0, 0.1) is 0 Å². The average molecular weight is 460 g/mol. The van der Waals surface area contributed by atoms with Crippen molar-refractivity contribution in [1.29, 1.82) is 0 Å². The van der Waals surface area contributed by atoms with Crippen LogP contribution in [0.3, 0.4) is 0 Å². The van der Waals surface area contributed by atoms with E-state index in [0.717, 1.165) is 10.6 Å². The summed E-state index contributed by atoms with van der Waals surface area (Å²) in [7, 11) is -3.75. The predicted molar refractivity (Wildman–Crippen MR) is 115 cm³/mol. The van der Waals surface area contributed by atoms with Crippen molar-refractivity contribution >= 4 is 56.2 Å². The number of azo groups is 1. The molecule has 0 radical (unpaired) electrons. The topological polar surface area (TPSA) is 139 Å². The molecule has 2 heterocycles. The molecule has 0 spiro atoms. The van der Waals surface area contributed by atoms with E-state index in [9.17, 15) is 8.42 Å². The molecule has 2 aromatic heterocycles. The molecule has 9 nitrogen and oxygen atoms in total. The Kier molecular flexibility index (Phi) is 5.77. The summed E-state index contributed by atoms with van der Waals surface area (Å²) >= 11 is 7.45. The van der Waals surface area contributed by atoms with Gasteiger partial charge in [-0.15, -0.1) is 10.2 Å². The third kappa shape index (κ3) is 4.82. The van der Waals surface area contributed by atoms with Crippen LogP contribution < -0.4 is 5.14 Å². The summed E-state index contributed by atoms with van der Waals surface area (Å²) in [6.07, 6.45) is 1.44. The Morgan fingerprint density at radius 2 is 1.77 bits per heavy atom. The highest BCUT2D eigenvalue weighted by Crippen LogP contribution is 2.28. The maximum absolute atomic E-state index is 11.3. The van der Waals surface area contributed by atoms with E-state index in [4.69, 9.17) is 16.7 Å². The molecule has 152 valence electrons. The number of sulfonamides is 1. The highest BCUT2D eigenvalue weighted by Gasteiger charge is 2.11. The van der Waals surface area contributed by atoms with Crippen LogP contribution in [0.25, 0.3) is 11.2 Å². The number of fused-ring (bicyclic) bond motifs is 1. The van der Waals surface area contributed by atoms with Crippen LogP contribution in [0.15, 0.2) is 75.0 Å². The minimum absolute atomic E-state index is 0.00261. The summed E-state index contributed by atoms with van der Waals surface area (Å²) in [5.41, 5.74) is 2.70. The number of imidazole rings is 1. The van der Waals surface area contributed by atoms with Crippen molar-refractivity contribution in [2.24, 2.45) is 15.4 Å². The van der Waals surface area contributed by atoms with E-state index < -0.39 is 10.0 Å². The number of rotatable bonds is 6. The highest BCUT2D eigenvalue weighted by atomic mass is 35.5. The van der Waals surface area contributed by atoms with Gasteiger partial charge < -0.3 is 4.98 Å². The summed E-state index contributed by atoms with van der Waals surface area (Å²) in [6, 6.07) is 13.3. The molecular weight excluding hydrogens is 446 g/mol. The molecule has 0 aliphatic heterocycles. The maximum atomic E-state index is 11.3. The van der Waals surface area contributed by atoms with Crippen LogP contribution in [-0.2, 0) is 15.8 Å². The van der Waals surface area contributed by atoms with E-state index in [1.807, 2.05) is 24.3 Å². The van der Waals surface area contributed by atoms with E-state index in [1.165, 1.54) is 42.4 Å². The summed E-state index contributed by atoms with van der Waals surface area (Å²) in [5.74, 6) is 0.963. The van der Waals surface area contributed by atoms with Gasteiger partial charge in [0, 0.05) is 10.8 Å². The maximum Gasteiger partial charge on any atom is 0.249 e. The molecule has 12 heteroatoms. The SMILES string of the molecule is NS(=O)(=O)c1ccc(N=Nc2nc3ncnc(SCc4ccc(Cl)cc4)c3[nH]2)cc1. The Morgan fingerprint density at radius 3 is 2.47 bits per heavy atom. The number of halogens is 1. The van der Waals surface area contributed by atoms with Gasteiger partial charge in [0.2, 0.25) is 16.0 Å². The Balaban J connectivity index is 1.52. The zero-order valence-electron chi connectivity index (χ0n) is 15.2. The monoisotopic (exact) mass is 459 g/mol. The standard InChI is InChI=1S/C18H14ClN7O2S2/c19-12-3-1-11(2-4-12)9-29-17-15-16(21-10-22-17)24-18(23-15)26-25-13-5-7-14(8-6-13)30(20,27)28/h1-8,10H,9H2,(H2,20,27,28)(H,21,22,23,24). The summed E-state index contributed by atoms with van der Waals surface area (Å²) in [4.78, 5) is 15.8. The van der Waals surface area contributed by atoms with Gasteiger partial charge in [-0.2, -0.15) is 4.98 Å². The Labute approximate surface area is 180 Å². The highest BCUT2D eigenvalue weighted by molar-refractivity contribution is 7.98. The zero-order valence-corrected chi connectivity index (χ0v) is 17.6. The lowest BCUT2D eigenvalue weighted by atomic mass is 10.2. The summed E-state index contributed by atoms with van der Waals surface area (Å²) in [6.45, 7) is 0. The first-order valence-electron chi connectivity index (χ1n) is 8.51. The second-order valence-corrected chi connectivity index (χ2v) is 9.05. The van der Waals surface area contributed by atoms with Gasteiger partial charge >= 0.3 is 0 Å². The van der Waals surface area contributed by atoms with Gasteiger partial charge in [-0.3, -0.25) is 0 Å². The first-order valence-corrected chi connectivity index (χ1v) is 11.4. The van der Waals surface area contributed by atoms with Crippen molar-refractivity contribution in [2.45, 2.75) is 15.7 Å². The number of H-pyrrole nitrogens is 1. The fourth-order valence-corrected chi connectivity index (χ4v) is 4.04. The van der Waals surface area contributed by atoms with Gasteiger partial charge in [0.15, 0.2) is 5.65 Å². The van der Waals surface area contributed by atoms with E-state index in [0.29, 0.717) is 27.6 Å². The Hall–Kier alpha value is -2.86. The molecular formula is C18H14ClN7O2S2. The lowest BCUT2D eigenvalue weighted by molar-refractivity contribution is 0.598. The first kappa shape index (κ1) is 20.4. The number of nitrogens with two attached hydrogens (primary N) is 1. The van der Waals surface area contributed by atoms with E-state index in [1.54, 1.807) is 0 Å². The molecule has 0 amide bonds. The van der Waals surface area contributed by atoms with Gasteiger partial charge in [-0.1, -0.05) is 35.5 Å². The summed E-state index contributed by atoms with van der Waals surface area (Å²) in [5, 5.41) is 14.6. The third-order valence-corrected chi connectivity index (χ3v) is 6.20. The quantitative estimate of drug-likeness (QED) is 0.249. The molecule has 0 saturated carbocycles. The number of benzene rings is 2. The number of aromatic amines is 1. The van der Waals surface area contributed by atoms with Crippen molar-refractivity contribution in [3.05, 3.63) is 65.4 Å². The number of thioether (sulfide) groups is 1.